The third kappa shape index (κ3) is 4.98. The van der Waals surface area contributed by atoms with Crippen molar-refractivity contribution in [2.45, 2.75) is 19.4 Å². The lowest BCUT2D eigenvalue weighted by Gasteiger charge is -2.21. The molecule has 0 unspecified atom stereocenters. The summed E-state index contributed by atoms with van der Waals surface area (Å²) in [6, 6.07) is 17.4. The lowest BCUT2D eigenvalue weighted by Crippen LogP contribution is -2.31. The first kappa shape index (κ1) is 22.3. The van der Waals surface area contributed by atoms with Gasteiger partial charge in [-0.25, -0.2) is 9.97 Å². The third-order valence-electron chi connectivity index (χ3n) is 5.69. The van der Waals surface area contributed by atoms with Crippen LogP contribution in [0.25, 0.3) is 10.9 Å². The zero-order valence-corrected chi connectivity index (χ0v) is 19.8. The summed E-state index contributed by atoms with van der Waals surface area (Å²) >= 11 is 0. The molecular weight excluding hydrogens is 412 g/mol. The van der Waals surface area contributed by atoms with Crippen molar-refractivity contribution in [1.29, 1.82) is 0 Å². The molecule has 1 atom stereocenters. The van der Waals surface area contributed by atoms with Gasteiger partial charge < -0.3 is 20.1 Å². The van der Waals surface area contributed by atoms with Crippen LogP contribution in [-0.2, 0) is 6.42 Å². The number of H-pyrrole nitrogens is 1. The molecule has 0 aliphatic heterocycles. The minimum atomic E-state index is -0.319. The zero-order valence-electron chi connectivity index (χ0n) is 19.8. The second-order valence-electron chi connectivity index (χ2n) is 8.63. The molecule has 4 aromatic rings. The zero-order chi connectivity index (χ0) is 23.5. The summed E-state index contributed by atoms with van der Waals surface area (Å²) in [5.74, 6) is 1.35. The number of nitrogens with zero attached hydrogens (tertiary/aromatic N) is 4. The van der Waals surface area contributed by atoms with Gasteiger partial charge >= 0.3 is 0 Å². The highest BCUT2D eigenvalue weighted by Crippen LogP contribution is 2.26. The quantitative estimate of drug-likeness (QED) is 0.450. The summed E-state index contributed by atoms with van der Waals surface area (Å²) in [5.41, 5.74) is 4.57. The number of anilines is 2. The second kappa shape index (κ2) is 9.32. The number of hydrogen-bond acceptors (Lipinski definition) is 5. The minimum absolute atomic E-state index is 0.133. The Labute approximate surface area is 194 Å². The molecule has 2 N–H and O–H groups in total. The maximum atomic E-state index is 13.3. The van der Waals surface area contributed by atoms with Crippen molar-refractivity contribution >= 4 is 28.3 Å². The van der Waals surface area contributed by atoms with Crippen molar-refractivity contribution in [1.82, 2.24) is 20.3 Å². The van der Waals surface area contributed by atoms with Crippen LogP contribution < -0.4 is 15.1 Å². The van der Waals surface area contributed by atoms with E-state index in [0.717, 1.165) is 33.7 Å². The molecule has 2 aromatic heterocycles. The number of fused-ring (bicyclic) bond motifs is 1. The van der Waals surface area contributed by atoms with Gasteiger partial charge in [0, 0.05) is 69.0 Å². The number of para-hydroxylation sites is 1. The Bertz CT molecular complexity index is 1280. The molecule has 0 bridgehead atoms. The van der Waals surface area contributed by atoms with Crippen LogP contribution in [0.15, 0.2) is 60.8 Å². The molecule has 2 aromatic carbocycles. The summed E-state index contributed by atoms with van der Waals surface area (Å²) in [7, 11) is 7.82. The van der Waals surface area contributed by atoms with E-state index in [9.17, 15) is 4.79 Å². The van der Waals surface area contributed by atoms with Crippen LogP contribution in [0, 0.1) is 6.92 Å². The SMILES string of the molecule is Cc1nc([C@@H](Cc2c[nH]c3ccccc23)NC(=O)c2cccc(N(C)C)c2)cc(N(C)C)n1. The van der Waals surface area contributed by atoms with E-state index in [4.69, 9.17) is 4.98 Å². The number of aromatic amines is 1. The Morgan fingerprint density at radius 3 is 2.55 bits per heavy atom. The largest absolute Gasteiger partial charge is 0.378 e. The highest BCUT2D eigenvalue weighted by atomic mass is 16.1. The third-order valence-corrected chi connectivity index (χ3v) is 5.69. The summed E-state index contributed by atoms with van der Waals surface area (Å²) in [4.78, 5) is 29.8. The maximum absolute atomic E-state index is 13.3. The van der Waals surface area contributed by atoms with Gasteiger partial charge in [-0.05, 0) is 36.8 Å². The number of nitrogens with one attached hydrogen (secondary N) is 2. The lowest BCUT2D eigenvalue weighted by molar-refractivity contribution is 0.0935. The Kier molecular flexibility index (Phi) is 6.31. The van der Waals surface area contributed by atoms with Crippen molar-refractivity contribution in [3.63, 3.8) is 0 Å². The molecule has 7 nitrogen and oxygen atoms in total. The van der Waals surface area contributed by atoms with Gasteiger partial charge in [0.25, 0.3) is 5.91 Å². The number of aryl methyl sites for hydroxylation is 1. The first-order valence-electron chi connectivity index (χ1n) is 11.0. The van der Waals surface area contributed by atoms with E-state index in [-0.39, 0.29) is 11.9 Å². The topological polar surface area (TPSA) is 77.2 Å². The van der Waals surface area contributed by atoms with Gasteiger partial charge in [-0.15, -0.1) is 0 Å². The van der Waals surface area contributed by atoms with E-state index in [1.54, 1.807) is 0 Å². The van der Waals surface area contributed by atoms with E-state index in [1.165, 1.54) is 0 Å². The number of hydrogen-bond donors (Lipinski definition) is 2. The molecule has 2 heterocycles. The molecule has 0 fully saturated rings. The van der Waals surface area contributed by atoms with Gasteiger partial charge in [0.05, 0.1) is 11.7 Å². The van der Waals surface area contributed by atoms with Crippen molar-refractivity contribution in [2.24, 2.45) is 0 Å². The average molecular weight is 443 g/mol. The summed E-state index contributed by atoms with van der Waals surface area (Å²) in [6.07, 6.45) is 2.61. The predicted molar refractivity (Wildman–Crippen MR) is 134 cm³/mol. The van der Waals surface area contributed by atoms with Gasteiger partial charge in [0.2, 0.25) is 0 Å². The molecule has 170 valence electrons. The van der Waals surface area contributed by atoms with Crippen molar-refractivity contribution in [3.8, 4) is 0 Å². The monoisotopic (exact) mass is 442 g/mol. The molecule has 0 aliphatic rings. The highest BCUT2D eigenvalue weighted by Gasteiger charge is 2.21. The number of carbonyl (C=O) groups excluding carboxylic acids is 1. The molecular formula is C26H30N6O. The highest BCUT2D eigenvalue weighted by molar-refractivity contribution is 5.95. The normalized spacial score (nSPS) is 11.9. The fourth-order valence-corrected chi connectivity index (χ4v) is 3.90. The maximum Gasteiger partial charge on any atom is 0.251 e. The molecule has 4 rings (SSSR count). The Morgan fingerprint density at radius 1 is 1.00 bits per heavy atom. The Balaban J connectivity index is 1.71. The van der Waals surface area contributed by atoms with Crippen LogP contribution in [-0.4, -0.2) is 49.0 Å². The summed E-state index contributed by atoms with van der Waals surface area (Å²) in [5, 5.41) is 4.38. The molecule has 33 heavy (non-hydrogen) atoms. The average Bonchev–Trinajstić information content (AvgIpc) is 3.21. The predicted octanol–water partition coefficient (Wildman–Crippen LogP) is 4.11. The van der Waals surface area contributed by atoms with E-state index in [2.05, 4.69) is 27.4 Å². The molecule has 0 aliphatic carbocycles. The number of rotatable bonds is 7. The van der Waals surface area contributed by atoms with Crippen molar-refractivity contribution in [2.75, 3.05) is 38.0 Å². The molecule has 7 heteroatoms. The van der Waals surface area contributed by atoms with E-state index < -0.39 is 0 Å². The standard InChI is InChI=1S/C26H30N6O/c1-17-28-24(15-25(29-17)32(4)5)23(14-19-16-27-22-12-7-6-11-21(19)22)30-26(33)18-9-8-10-20(13-18)31(2)3/h6-13,15-16,23,27H,14H2,1-5H3,(H,30,33)/t23-/m1/s1. The van der Waals surface area contributed by atoms with Gasteiger partial charge in [0.1, 0.15) is 11.6 Å². The first-order valence-corrected chi connectivity index (χ1v) is 11.0. The number of aromatic nitrogens is 3. The van der Waals surface area contributed by atoms with Crippen molar-refractivity contribution in [3.05, 3.63) is 83.4 Å². The molecule has 0 spiro atoms. The lowest BCUT2D eigenvalue weighted by atomic mass is 10.0. The summed E-state index contributed by atoms with van der Waals surface area (Å²) < 4.78 is 0. The smallest absolute Gasteiger partial charge is 0.251 e. The van der Waals surface area contributed by atoms with Gasteiger partial charge in [0.15, 0.2) is 0 Å². The fraction of sp³-hybridized carbons (Fsp3) is 0.269. The van der Waals surface area contributed by atoms with Crippen LogP contribution >= 0.6 is 0 Å². The van der Waals surface area contributed by atoms with Gasteiger partial charge in [-0.2, -0.15) is 0 Å². The Hall–Kier alpha value is -3.87. The molecule has 0 radical (unpaired) electrons. The Morgan fingerprint density at radius 2 is 1.79 bits per heavy atom. The molecule has 0 saturated carbocycles. The van der Waals surface area contributed by atoms with Gasteiger partial charge in [-0.1, -0.05) is 24.3 Å². The van der Waals surface area contributed by atoms with Crippen molar-refractivity contribution < 1.29 is 4.79 Å². The fourth-order valence-electron chi connectivity index (χ4n) is 3.90. The second-order valence-corrected chi connectivity index (χ2v) is 8.63. The van der Waals surface area contributed by atoms with E-state index >= 15 is 0 Å². The van der Waals surface area contributed by atoms with Gasteiger partial charge in [-0.3, -0.25) is 4.79 Å². The molecule has 1 amide bonds. The van der Waals surface area contributed by atoms with Crippen LogP contribution in [0.4, 0.5) is 11.5 Å². The first-order chi connectivity index (χ1) is 15.8. The number of carbonyl (C=O) groups is 1. The van der Waals surface area contributed by atoms with E-state index in [1.807, 2.05) is 93.6 Å². The summed E-state index contributed by atoms with van der Waals surface area (Å²) in [6.45, 7) is 1.88. The van der Waals surface area contributed by atoms with Crippen LogP contribution in [0.3, 0.4) is 0 Å². The van der Waals surface area contributed by atoms with Crippen LogP contribution in [0.1, 0.15) is 33.5 Å². The number of benzene rings is 2. The van der Waals surface area contributed by atoms with Crippen LogP contribution in [0.5, 0.6) is 0 Å². The molecule has 0 saturated heterocycles. The van der Waals surface area contributed by atoms with Crippen LogP contribution in [0.2, 0.25) is 0 Å². The number of amides is 1. The minimum Gasteiger partial charge on any atom is -0.378 e. The van der Waals surface area contributed by atoms with E-state index in [0.29, 0.717) is 17.8 Å².